The van der Waals surface area contributed by atoms with Gasteiger partial charge in [-0.05, 0) is 19.8 Å². The minimum Gasteiger partial charge on any atom is -0.342 e. The molecule has 0 N–H and O–H groups in total. The van der Waals surface area contributed by atoms with E-state index in [1.165, 1.54) is 19.8 Å². The minimum atomic E-state index is -0.0331. The topological polar surface area (TPSA) is 37.4 Å². The molecule has 1 aliphatic heterocycles. The summed E-state index contributed by atoms with van der Waals surface area (Å²) in [6, 6.07) is 0. The highest BCUT2D eigenvalue weighted by Gasteiger charge is 2.16. The quantitative estimate of drug-likeness (QED) is 0.606. The van der Waals surface area contributed by atoms with Crippen molar-refractivity contribution in [1.82, 2.24) is 4.90 Å². The van der Waals surface area contributed by atoms with Crippen LogP contribution in [0.25, 0.3) is 0 Å². The summed E-state index contributed by atoms with van der Waals surface area (Å²) in [4.78, 5) is 24.0. The highest BCUT2D eigenvalue weighted by molar-refractivity contribution is 5.96. The highest BCUT2D eigenvalue weighted by atomic mass is 16.2. The molecule has 1 aliphatic rings. The molecule has 1 rings (SSSR count). The van der Waals surface area contributed by atoms with Gasteiger partial charge in [-0.3, -0.25) is 9.59 Å². The maximum Gasteiger partial charge on any atom is 0.230 e. The van der Waals surface area contributed by atoms with Gasteiger partial charge in [0, 0.05) is 13.1 Å². The molecule has 3 nitrogen and oxygen atoms in total. The monoisotopic (exact) mass is 183 g/mol. The van der Waals surface area contributed by atoms with Gasteiger partial charge in [0.25, 0.3) is 0 Å². The van der Waals surface area contributed by atoms with Crippen molar-refractivity contribution in [3.05, 3.63) is 0 Å². The number of ketones is 1. The molecule has 1 saturated heterocycles. The standard InChI is InChI=1S/C10H17NO2/c1-9(12)8-10(13)11-6-4-2-3-5-7-11/h2-8H2,1H3. The Morgan fingerprint density at radius 1 is 1.08 bits per heavy atom. The minimum absolute atomic E-state index is 0.00870. The summed E-state index contributed by atoms with van der Waals surface area (Å²) in [5.41, 5.74) is 0. The van der Waals surface area contributed by atoms with E-state index in [1.54, 1.807) is 0 Å². The first kappa shape index (κ1) is 10.2. The normalized spacial score (nSPS) is 18.1. The lowest BCUT2D eigenvalue weighted by Crippen LogP contribution is -2.32. The Bertz CT molecular complexity index is 193. The van der Waals surface area contributed by atoms with E-state index < -0.39 is 0 Å². The molecule has 0 saturated carbocycles. The van der Waals surface area contributed by atoms with Crippen molar-refractivity contribution < 1.29 is 9.59 Å². The number of amides is 1. The SMILES string of the molecule is CC(=O)CC(=O)N1CCCCCC1. The van der Waals surface area contributed by atoms with Crippen LogP contribution < -0.4 is 0 Å². The third-order valence-electron chi connectivity index (χ3n) is 2.36. The number of Topliss-reactive ketones (excluding diaryl/α,β-unsaturated/α-hetero) is 1. The third-order valence-corrected chi connectivity index (χ3v) is 2.36. The second kappa shape index (κ2) is 5.00. The molecule has 1 heterocycles. The Hall–Kier alpha value is -0.860. The number of carbonyl (C=O) groups is 2. The predicted octanol–water partition coefficient (Wildman–Crippen LogP) is 1.37. The fraction of sp³-hybridized carbons (Fsp3) is 0.800. The Morgan fingerprint density at radius 2 is 1.62 bits per heavy atom. The first-order valence-corrected chi connectivity index (χ1v) is 4.97. The molecule has 0 radical (unpaired) electrons. The molecule has 0 aliphatic carbocycles. The second-order valence-corrected chi connectivity index (χ2v) is 3.67. The number of hydrogen-bond acceptors (Lipinski definition) is 2. The molecular formula is C10H17NO2. The molecule has 3 heteroatoms. The molecule has 0 aromatic heterocycles. The lowest BCUT2D eigenvalue weighted by Gasteiger charge is -2.19. The Labute approximate surface area is 79.1 Å². The number of nitrogens with zero attached hydrogens (tertiary/aromatic N) is 1. The van der Waals surface area contributed by atoms with Gasteiger partial charge in [-0.2, -0.15) is 0 Å². The van der Waals surface area contributed by atoms with Crippen molar-refractivity contribution in [2.24, 2.45) is 0 Å². The van der Waals surface area contributed by atoms with Crippen molar-refractivity contribution in [3.8, 4) is 0 Å². The Morgan fingerprint density at radius 3 is 2.08 bits per heavy atom. The predicted molar refractivity (Wildman–Crippen MR) is 50.3 cm³/mol. The molecular weight excluding hydrogens is 166 g/mol. The van der Waals surface area contributed by atoms with Crippen molar-refractivity contribution in [1.29, 1.82) is 0 Å². The second-order valence-electron chi connectivity index (χ2n) is 3.67. The summed E-state index contributed by atoms with van der Waals surface area (Å²) in [6.45, 7) is 3.15. The van der Waals surface area contributed by atoms with E-state index in [4.69, 9.17) is 0 Å². The fourth-order valence-corrected chi connectivity index (χ4v) is 1.64. The van der Waals surface area contributed by atoms with Gasteiger partial charge in [0.15, 0.2) is 0 Å². The summed E-state index contributed by atoms with van der Waals surface area (Å²) in [7, 11) is 0. The first-order chi connectivity index (χ1) is 6.20. The van der Waals surface area contributed by atoms with Crippen LogP contribution in [0.3, 0.4) is 0 Å². The number of likely N-dealkylation sites (tertiary alicyclic amines) is 1. The van der Waals surface area contributed by atoms with E-state index >= 15 is 0 Å². The van der Waals surface area contributed by atoms with Gasteiger partial charge in [0.1, 0.15) is 5.78 Å². The molecule has 0 unspecified atom stereocenters. The number of carbonyl (C=O) groups excluding carboxylic acids is 2. The van der Waals surface area contributed by atoms with E-state index in [9.17, 15) is 9.59 Å². The van der Waals surface area contributed by atoms with Gasteiger partial charge >= 0.3 is 0 Å². The van der Waals surface area contributed by atoms with Crippen molar-refractivity contribution in [2.75, 3.05) is 13.1 Å². The Kier molecular flexibility index (Phi) is 3.93. The summed E-state index contributed by atoms with van der Waals surface area (Å²) in [6.07, 6.45) is 4.68. The van der Waals surface area contributed by atoms with Crippen LogP contribution in [0.2, 0.25) is 0 Å². The smallest absolute Gasteiger partial charge is 0.230 e. The largest absolute Gasteiger partial charge is 0.342 e. The van der Waals surface area contributed by atoms with Crippen molar-refractivity contribution in [3.63, 3.8) is 0 Å². The molecule has 0 spiro atoms. The van der Waals surface area contributed by atoms with E-state index in [2.05, 4.69) is 0 Å². The van der Waals surface area contributed by atoms with Crippen LogP contribution in [0, 0.1) is 0 Å². The van der Waals surface area contributed by atoms with Crippen molar-refractivity contribution in [2.45, 2.75) is 39.0 Å². The molecule has 1 fully saturated rings. The van der Waals surface area contributed by atoms with Gasteiger partial charge in [-0.15, -0.1) is 0 Å². The molecule has 0 aromatic carbocycles. The zero-order valence-corrected chi connectivity index (χ0v) is 8.21. The van der Waals surface area contributed by atoms with Gasteiger partial charge in [0.05, 0.1) is 6.42 Å². The number of rotatable bonds is 2. The van der Waals surface area contributed by atoms with Crippen LogP contribution in [-0.2, 0) is 9.59 Å². The van der Waals surface area contributed by atoms with E-state index in [-0.39, 0.29) is 18.1 Å². The molecule has 1 amide bonds. The Balaban J connectivity index is 2.39. The summed E-state index contributed by atoms with van der Waals surface area (Å²) < 4.78 is 0. The lowest BCUT2D eigenvalue weighted by atomic mass is 10.2. The maximum absolute atomic E-state index is 11.5. The van der Waals surface area contributed by atoms with E-state index in [0.717, 1.165) is 25.9 Å². The summed E-state index contributed by atoms with van der Waals surface area (Å²) in [5.74, 6) is -0.0244. The van der Waals surface area contributed by atoms with Gasteiger partial charge in [-0.1, -0.05) is 12.8 Å². The van der Waals surface area contributed by atoms with Gasteiger partial charge in [-0.25, -0.2) is 0 Å². The van der Waals surface area contributed by atoms with Crippen LogP contribution in [0.5, 0.6) is 0 Å². The van der Waals surface area contributed by atoms with Crippen molar-refractivity contribution >= 4 is 11.7 Å². The molecule has 0 bridgehead atoms. The molecule has 0 aromatic rings. The zero-order valence-electron chi connectivity index (χ0n) is 8.21. The summed E-state index contributed by atoms with van der Waals surface area (Å²) in [5, 5.41) is 0. The average molecular weight is 183 g/mol. The average Bonchev–Trinajstić information content (AvgIpc) is 2.29. The van der Waals surface area contributed by atoms with Crippen LogP contribution in [0.4, 0.5) is 0 Å². The third kappa shape index (κ3) is 3.57. The zero-order chi connectivity index (χ0) is 9.68. The van der Waals surface area contributed by atoms with Gasteiger partial charge < -0.3 is 4.90 Å². The molecule has 74 valence electrons. The highest BCUT2D eigenvalue weighted by Crippen LogP contribution is 2.10. The van der Waals surface area contributed by atoms with Gasteiger partial charge in [0.2, 0.25) is 5.91 Å². The number of hydrogen-bond donors (Lipinski definition) is 0. The van der Waals surface area contributed by atoms with Crippen LogP contribution in [-0.4, -0.2) is 29.7 Å². The van der Waals surface area contributed by atoms with Crippen LogP contribution in [0.15, 0.2) is 0 Å². The van der Waals surface area contributed by atoms with Crippen LogP contribution >= 0.6 is 0 Å². The lowest BCUT2D eigenvalue weighted by molar-refractivity contribution is -0.134. The maximum atomic E-state index is 11.5. The fourth-order valence-electron chi connectivity index (χ4n) is 1.64. The van der Waals surface area contributed by atoms with E-state index in [0.29, 0.717) is 0 Å². The summed E-state index contributed by atoms with van der Waals surface area (Å²) >= 11 is 0. The molecule has 13 heavy (non-hydrogen) atoms. The first-order valence-electron chi connectivity index (χ1n) is 4.97. The van der Waals surface area contributed by atoms with E-state index in [1.807, 2.05) is 4.90 Å². The van der Waals surface area contributed by atoms with Crippen LogP contribution in [0.1, 0.15) is 39.0 Å². The molecule has 0 atom stereocenters.